The summed E-state index contributed by atoms with van der Waals surface area (Å²) < 4.78 is 38.7. The van der Waals surface area contributed by atoms with Crippen molar-refractivity contribution in [1.29, 1.82) is 0 Å². The van der Waals surface area contributed by atoms with Crippen molar-refractivity contribution in [2.24, 2.45) is 0 Å². The zero-order valence-electron chi connectivity index (χ0n) is 13.0. The lowest BCUT2D eigenvalue weighted by Gasteiger charge is -2.25. The molecule has 1 aliphatic rings. The van der Waals surface area contributed by atoms with Crippen LogP contribution in [0.5, 0.6) is 11.5 Å². The van der Waals surface area contributed by atoms with Crippen LogP contribution in [0.4, 0.5) is 8.78 Å². The molecule has 4 nitrogen and oxygen atoms in total. The van der Waals surface area contributed by atoms with Gasteiger partial charge in [0, 0.05) is 17.7 Å². The summed E-state index contributed by atoms with van der Waals surface area (Å²) in [6.45, 7) is 1.77. The molecule has 0 aromatic heterocycles. The Labute approximate surface area is 136 Å². The van der Waals surface area contributed by atoms with Crippen molar-refractivity contribution in [3.8, 4) is 11.5 Å². The zero-order valence-corrected chi connectivity index (χ0v) is 13.0. The van der Waals surface area contributed by atoms with Crippen LogP contribution in [0.3, 0.4) is 0 Å². The molecule has 1 atom stereocenters. The number of carboxylic acids is 1. The van der Waals surface area contributed by atoms with Crippen molar-refractivity contribution in [3.63, 3.8) is 0 Å². The molecule has 1 aliphatic heterocycles. The SMILES string of the molecule is COc1cc(F)cc(F)c1C1=CC(C)Oc2ccc(C(=O)O)cc21. The number of benzene rings is 2. The Kier molecular flexibility index (Phi) is 3.97. The lowest BCUT2D eigenvalue weighted by atomic mass is 9.91. The molecule has 1 unspecified atom stereocenters. The van der Waals surface area contributed by atoms with Gasteiger partial charge in [0.15, 0.2) is 0 Å². The number of rotatable bonds is 3. The quantitative estimate of drug-likeness (QED) is 0.927. The van der Waals surface area contributed by atoms with Crippen LogP contribution in [0, 0.1) is 11.6 Å². The van der Waals surface area contributed by atoms with E-state index in [0.717, 1.165) is 12.1 Å². The van der Waals surface area contributed by atoms with Crippen LogP contribution in [0.2, 0.25) is 0 Å². The van der Waals surface area contributed by atoms with Crippen LogP contribution in [-0.4, -0.2) is 24.3 Å². The lowest BCUT2D eigenvalue weighted by molar-refractivity contribution is 0.0697. The number of hydrogen-bond donors (Lipinski definition) is 1. The topological polar surface area (TPSA) is 55.8 Å². The van der Waals surface area contributed by atoms with Crippen molar-refractivity contribution in [2.45, 2.75) is 13.0 Å². The highest BCUT2D eigenvalue weighted by Gasteiger charge is 2.26. The van der Waals surface area contributed by atoms with E-state index in [1.165, 1.54) is 25.3 Å². The Morgan fingerprint density at radius 1 is 1.25 bits per heavy atom. The first-order valence-electron chi connectivity index (χ1n) is 7.20. The second-order valence-electron chi connectivity index (χ2n) is 5.38. The maximum atomic E-state index is 14.4. The summed E-state index contributed by atoms with van der Waals surface area (Å²) in [5, 5.41) is 9.18. The largest absolute Gasteiger partial charge is 0.496 e. The van der Waals surface area contributed by atoms with E-state index in [-0.39, 0.29) is 23.0 Å². The van der Waals surface area contributed by atoms with Gasteiger partial charge in [0.2, 0.25) is 0 Å². The standard InChI is InChI=1S/C18H14F2O4/c1-9-5-13(17-14(20)7-11(19)8-16(17)23-2)12-6-10(18(21)22)3-4-15(12)24-9/h3-9H,1-2H3,(H,21,22). The number of carboxylic acid groups (broad SMARTS) is 1. The highest BCUT2D eigenvalue weighted by molar-refractivity contribution is 5.93. The minimum Gasteiger partial charge on any atom is -0.496 e. The van der Waals surface area contributed by atoms with Gasteiger partial charge in [-0.2, -0.15) is 0 Å². The maximum Gasteiger partial charge on any atom is 0.335 e. The van der Waals surface area contributed by atoms with E-state index < -0.39 is 17.6 Å². The summed E-state index contributed by atoms with van der Waals surface area (Å²) in [5.74, 6) is -2.20. The van der Waals surface area contributed by atoms with Gasteiger partial charge >= 0.3 is 5.97 Å². The molecule has 0 fully saturated rings. The Bertz CT molecular complexity index is 858. The fourth-order valence-corrected chi connectivity index (χ4v) is 2.73. The van der Waals surface area contributed by atoms with Gasteiger partial charge in [0.05, 0.1) is 18.2 Å². The number of aromatic carboxylic acids is 1. The van der Waals surface area contributed by atoms with E-state index >= 15 is 0 Å². The van der Waals surface area contributed by atoms with Crippen LogP contribution in [0.25, 0.3) is 5.57 Å². The van der Waals surface area contributed by atoms with Crippen molar-refractivity contribution in [1.82, 2.24) is 0 Å². The first-order valence-corrected chi connectivity index (χ1v) is 7.20. The fraction of sp³-hybridized carbons (Fsp3) is 0.167. The summed E-state index contributed by atoms with van der Waals surface area (Å²) >= 11 is 0. The summed E-state index contributed by atoms with van der Waals surface area (Å²) in [6, 6.07) is 6.18. The van der Waals surface area contributed by atoms with Crippen molar-refractivity contribution < 1.29 is 28.2 Å². The van der Waals surface area contributed by atoms with Gasteiger partial charge in [-0.25, -0.2) is 13.6 Å². The van der Waals surface area contributed by atoms with Crippen molar-refractivity contribution >= 4 is 11.5 Å². The van der Waals surface area contributed by atoms with Gasteiger partial charge in [-0.1, -0.05) is 0 Å². The number of methoxy groups -OCH3 is 1. The molecule has 1 heterocycles. The van der Waals surface area contributed by atoms with E-state index in [2.05, 4.69) is 0 Å². The molecule has 124 valence electrons. The molecule has 0 aliphatic carbocycles. The number of fused-ring (bicyclic) bond motifs is 1. The van der Waals surface area contributed by atoms with E-state index in [0.29, 0.717) is 16.9 Å². The average Bonchev–Trinajstić information content (AvgIpc) is 2.52. The Hall–Kier alpha value is -2.89. The molecule has 0 bridgehead atoms. The molecule has 2 aromatic rings. The van der Waals surface area contributed by atoms with Gasteiger partial charge < -0.3 is 14.6 Å². The van der Waals surface area contributed by atoms with Gasteiger partial charge in [-0.3, -0.25) is 0 Å². The second-order valence-corrected chi connectivity index (χ2v) is 5.38. The normalized spacial score (nSPS) is 16.0. The van der Waals surface area contributed by atoms with E-state index in [1.807, 2.05) is 0 Å². The molecule has 0 saturated heterocycles. The monoisotopic (exact) mass is 332 g/mol. The summed E-state index contributed by atoms with van der Waals surface area (Å²) in [6.07, 6.45) is 1.28. The highest BCUT2D eigenvalue weighted by Crippen LogP contribution is 2.41. The first-order chi connectivity index (χ1) is 11.4. The molecule has 3 rings (SSSR count). The number of halogens is 2. The molecule has 6 heteroatoms. The van der Waals surface area contributed by atoms with Crippen LogP contribution in [0.15, 0.2) is 36.4 Å². The van der Waals surface area contributed by atoms with Crippen molar-refractivity contribution in [2.75, 3.05) is 7.11 Å². The molecule has 1 N–H and O–H groups in total. The summed E-state index contributed by atoms with van der Waals surface area (Å²) in [7, 11) is 1.32. The summed E-state index contributed by atoms with van der Waals surface area (Å²) in [5.41, 5.74) is 0.926. The van der Waals surface area contributed by atoms with Gasteiger partial charge in [0.1, 0.15) is 29.2 Å². The van der Waals surface area contributed by atoms with Gasteiger partial charge in [0.25, 0.3) is 0 Å². The fourth-order valence-electron chi connectivity index (χ4n) is 2.73. The average molecular weight is 332 g/mol. The third-order valence-electron chi connectivity index (χ3n) is 3.74. The number of hydrogen-bond acceptors (Lipinski definition) is 3. The predicted octanol–water partition coefficient (Wildman–Crippen LogP) is 3.88. The molecule has 0 radical (unpaired) electrons. The zero-order chi connectivity index (χ0) is 17.4. The minimum atomic E-state index is -1.11. The molecule has 0 spiro atoms. The van der Waals surface area contributed by atoms with Crippen LogP contribution in [0.1, 0.15) is 28.4 Å². The number of ether oxygens (including phenoxy) is 2. The predicted molar refractivity (Wildman–Crippen MR) is 83.5 cm³/mol. The minimum absolute atomic E-state index is 0.0273. The molecule has 24 heavy (non-hydrogen) atoms. The molecular weight excluding hydrogens is 318 g/mol. The molecule has 0 saturated carbocycles. The summed E-state index contributed by atoms with van der Waals surface area (Å²) in [4.78, 5) is 11.2. The third-order valence-corrected chi connectivity index (χ3v) is 3.74. The molecular formula is C18H14F2O4. The van der Waals surface area contributed by atoms with Gasteiger partial charge in [-0.15, -0.1) is 0 Å². The Morgan fingerprint density at radius 3 is 2.67 bits per heavy atom. The van der Waals surface area contributed by atoms with E-state index in [4.69, 9.17) is 9.47 Å². The van der Waals surface area contributed by atoms with Crippen molar-refractivity contribution in [3.05, 3.63) is 64.7 Å². The van der Waals surface area contributed by atoms with Gasteiger partial charge in [-0.05, 0) is 36.8 Å². The smallest absolute Gasteiger partial charge is 0.335 e. The Balaban J connectivity index is 2.26. The highest BCUT2D eigenvalue weighted by atomic mass is 19.1. The third kappa shape index (κ3) is 2.71. The molecule has 0 amide bonds. The van der Waals surface area contributed by atoms with E-state index in [9.17, 15) is 18.7 Å². The number of carbonyl (C=O) groups is 1. The Morgan fingerprint density at radius 2 is 2.00 bits per heavy atom. The van der Waals surface area contributed by atoms with Crippen LogP contribution in [-0.2, 0) is 0 Å². The lowest BCUT2D eigenvalue weighted by Crippen LogP contribution is -2.16. The maximum absolute atomic E-state index is 14.4. The van der Waals surface area contributed by atoms with Crippen LogP contribution >= 0.6 is 0 Å². The van der Waals surface area contributed by atoms with E-state index in [1.54, 1.807) is 13.0 Å². The molecule has 2 aromatic carbocycles. The first kappa shape index (κ1) is 16.0. The van der Waals surface area contributed by atoms with Crippen LogP contribution < -0.4 is 9.47 Å². The second kappa shape index (κ2) is 5.96.